The maximum atomic E-state index is 10.9. The van der Waals surface area contributed by atoms with E-state index in [1.807, 2.05) is 6.20 Å². The summed E-state index contributed by atoms with van der Waals surface area (Å²) < 4.78 is 0.715. The second-order valence-corrected chi connectivity index (χ2v) is 6.89. The van der Waals surface area contributed by atoms with Gasteiger partial charge in [-0.2, -0.15) is 0 Å². The van der Waals surface area contributed by atoms with Crippen molar-refractivity contribution in [1.29, 1.82) is 0 Å². The quantitative estimate of drug-likeness (QED) is 0.398. The predicted molar refractivity (Wildman–Crippen MR) is 95.6 cm³/mol. The van der Waals surface area contributed by atoms with Crippen molar-refractivity contribution in [2.45, 2.75) is 84.0 Å². The van der Waals surface area contributed by atoms with Crippen LogP contribution < -0.4 is 0 Å². The van der Waals surface area contributed by atoms with E-state index in [2.05, 4.69) is 27.8 Å². The largest absolute Gasteiger partial charge is 0.477 e. The molecule has 0 radical (unpaired) electrons. The van der Waals surface area contributed by atoms with E-state index in [-0.39, 0.29) is 5.69 Å². The number of carboxylic acids is 1. The average molecular weight is 372 g/mol. The van der Waals surface area contributed by atoms with Crippen molar-refractivity contribution in [2.24, 2.45) is 0 Å². The molecule has 0 unspecified atom stereocenters. The van der Waals surface area contributed by atoms with Gasteiger partial charge >= 0.3 is 5.97 Å². The van der Waals surface area contributed by atoms with Gasteiger partial charge in [0, 0.05) is 6.20 Å². The maximum Gasteiger partial charge on any atom is 0.353 e. The van der Waals surface area contributed by atoms with E-state index >= 15 is 0 Å². The van der Waals surface area contributed by atoms with Crippen LogP contribution in [-0.4, -0.2) is 16.1 Å². The number of aromatic carboxylic acids is 1. The highest BCUT2D eigenvalue weighted by Gasteiger charge is 2.13. The van der Waals surface area contributed by atoms with E-state index in [0.717, 1.165) is 18.4 Å². The minimum Gasteiger partial charge on any atom is -0.477 e. The first kappa shape index (κ1) is 19.3. The highest BCUT2D eigenvalue weighted by atomic mass is 79.9. The Kier molecular flexibility index (Phi) is 10.3. The van der Waals surface area contributed by atoms with Gasteiger partial charge in [-0.1, -0.05) is 71.1 Å². The molecule has 4 heteroatoms. The molecule has 0 saturated heterocycles. The van der Waals surface area contributed by atoms with Crippen LogP contribution in [0.4, 0.5) is 0 Å². The third-order valence-electron chi connectivity index (χ3n) is 4.16. The highest BCUT2D eigenvalue weighted by molar-refractivity contribution is 9.10. The summed E-state index contributed by atoms with van der Waals surface area (Å²) in [5.74, 6) is -0.905. The molecule has 1 heterocycles. The molecule has 0 spiro atoms. The van der Waals surface area contributed by atoms with Gasteiger partial charge in [0.2, 0.25) is 0 Å². The van der Waals surface area contributed by atoms with Gasteiger partial charge in [0.1, 0.15) is 5.69 Å². The molecule has 22 heavy (non-hydrogen) atoms. The number of unbranched alkanes of at least 4 members (excludes halogenated alkanes) is 10. The van der Waals surface area contributed by atoms with Crippen LogP contribution >= 0.6 is 15.9 Å². The van der Waals surface area contributed by atoms with Crippen molar-refractivity contribution >= 4 is 21.9 Å². The summed E-state index contributed by atoms with van der Waals surface area (Å²) in [5, 5.41) is 8.98. The number of halogens is 1. The molecule has 0 atom stereocenters. The molecule has 3 nitrogen and oxygen atoms in total. The van der Waals surface area contributed by atoms with Crippen LogP contribution in [0.1, 0.15) is 93.6 Å². The normalized spacial score (nSPS) is 11.0. The van der Waals surface area contributed by atoms with Crippen molar-refractivity contribution in [2.75, 3.05) is 0 Å². The Bertz CT molecular complexity index is 429. The Labute approximate surface area is 143 Å². The van der Waals surface area contributed by atoms with Crippen molar-refractivity contribution < 1.29 is 9.90 Å². The molecule has 0 aliphatic carbocycles. The summed E-state index contributed by atoms with van der Waals surface area (Å²) in [4.78, 5) is 13.8. The second kappa shape index (κ2) is 11.8. The summed E-state index contributed by atoms with van der Waals surface area (Å²) in [5.41, 5.74) is 1.34. The number of aromatic amines is 1. The van der Waals surface area contributed by atoms with Crippen LogP contribution in [-0.2, 0) is 6.42 Å². The van der Waals surface area contributed by atoms with Gasteiger partial charge in [0.15, 0.2) is 0 Å². The summed E-state index contributed by atoms with van der Waals surface area (Å²) in [6, 6.07) is 0. The van der Waals surface area contributed by atoms with Gasteiger partial charge in [-0.3, -0.25) is 0 Å². The summed E-state index contributed by atoms with van der Waals surface area (Å²) in [6.45, 7) is 2.26. The Balaban J connectivity index is 1.99. The van der Waals surface area contributed by atoms with Crippen molar-refractivity contribution in [3.63, 3.8) is 0 Å². The van der Waals surface area contributed by atoms with Gasteiger partial charge in [-0.05, 0) is 34.3 Å². The second-order valence-electron chi connectivity index (χ2n) is 6.09. The van der Waals surface area contributed by atoms with E-state index in [4.69, 9.17) is 5.11 Å². The number of carboxylic acid groups (broad SMARTS) is 1. The van der Waals surface area contributed by atoms with Crippen molar-refractivity contribution in [3.05, 3.63) is 21.9 Å². The lowest BCUT2D eigenvalue weighted by molar-refractivity contribution is 0.0690. The van der Waals surface area contributed by atoms with Gasteiger partial charge in [-0.15, -0.1) is 0 Å². The zero-order valence-electron chi connectivity index (χ0n) is 13.8. The first-order valence-corrected chi connectivity index (χ1v) is 9.55. The average Bonchev–Trinajstić information content (AvgIpc) is 2.86. The molecule has 1 aromatic rings. The Morgan fingerprint density at radius 1 is 1.00 bits per heavy atom. The molecule has 0 saturated carbocycles. The van der Waals surface area contributed by atoms with E-state index in [1.165, 1.54) is 64.2 Å². The number of aromatic nitrogens is 1. The molecule has 126 valence electrons. The highest BCUT2D eigenvalue weighted by Crippen LogP contribution is 2.23. The molecule has 0 amide bonds. The minimum atomic E-state index is -0.905. The molecule has 1 rings (SSSR count). The smallest absolute Gasteiger partial charge is 0.353 e. The number of H-pyrrole nitrogens is 1. The summed E-state index contributed by atoms with van der Waals surface area (Å²) >= 11 is 3.37. The molecule has 0 bridgehead atoms. The molecule has 0 aliphatic heterocycles. The Morgan fingerprint density at radius 2 is 1.50 bits per heavy atom. The maximum absolute atomic E-state index is 10.9. The first-order valence-electron chi connectivity index (χ1n) is 8.75. The first-order chi connectivity index (χ1) is 10.7. The van der Waals surface area contributed by atoms with Crippen molar-refractivity contribution in [1.82, 2.24) is 4.98 Å². The lowest BCUT2D eigenvalue weighted by Crippen LogP contribution is -1.97. The van der Waals surface area contributed by atoms with E-state index in [9.17, 15) is 4.79 Å². The zero-order chi connectivity index (χ0) is 16.2. The van der Waals surface area contributed by atoms with Gasteiger partial charge in [-0.25, -0.2) is 4.79 Å². The minimum absolute atomic E-state index is 0.262. The number of nitrogens with one attached hydrogen (secondary N) is 1. The fourth-order valence-corrected chi connectivity index (χ4v) is 3.36. The topological polar surface area (TPSA) is 53.1 Å². The van der Waals surface area contributed by atoms with Gasteiger partial charge < -0.3 is 10.1 Å². The van der Waals surface area contributed by atoms with Gasteiger partial charge in [0.25, 0.3) is 0 Å². The molecule has 1 aromatic heterocycles. The fraction of sp³-hybridized carbons (Fsp3) is 0.722. The lowest BCUT2D eigenvalue weighted by Gasteiger charge is -2.03. The number of aryl methyl sites for hydroxylation is 1. The number of hydrogen-bond acceptors (Lipinski definition) is 1. The third-order valence-corrected chi connectivity index (χ3v) is 5.06. The van der Waals surface area contributed by atoms with E-state index < -0.39 is 5.97 Å². The predicted octanol–water partition coefficient (Wildman–Crippen LogP) is 6.33. The number of hydrogen-bond donors (Lipinski definition) is 2. The summed E-state index contributed by atoms with van der Waals surface area (Å²) in [6.07, 6.45) is 17.4. The molecular formula is C18H30BrNO2. The number of rotatable bonds is 13. The van der Waals surface area contributed by atoms with Crippen LogP contribution in [0.5, 0.6) is 0 Å². The monoisotopic (exact) mass is 371 g/mol. The standard InChI is InChI=1S/C18H30BrNO2/c1-2-3-4-5-6-7-8-9-10-11-12-13-15-14-20-17(16(15)19)18(21)22/h14,20H,2-13H2,1H3,(H,21,22). The molecule has 0 aromatic carbocycles. The number of carbonyl (C=O) groups is 1. The fourth-order valence-electron chi connectivity index (χ4n) is 2.76. The Hall–Kier alpha value is -0.770. The Morgan fingerprint density at radius 3 is 1.95 bits per heavy atom. The molecule has 2 N–H and O–H groups in total. The third kappa shape index (κ3) is 7.48. The van der Waals surface area contributed by atoms with Crippen LogP contribution in [0.2, 0.25) is 0 Å². The molecule has 0 fully saturated rings. The van der Waals surface area contributed by atoms with Crippen LogP contribution in [0.25, 0.3) is 0 Å². The van der Waals surface area contributed by atoms with Crippen LogP contribution in [0.3, 0.4) is 0 Å². The van der Waals surface area contributed by atoms with Crippen LogP contribution in [0.15, 0.2) is 10.7 Å². The zero-order valence-corrected chi connectivity index (χ0v) is 15.4. The van der Waals surface area contributed by atoms with E-state index in [1.54, 1.807) is 0 Å². The SMILES string of the molecule is CCCCCCCCCCCCCc1c[nH]c(C(=O)O)c1Br. The molecule has 0 aliphatic rings. The van der Waals surface area contributed by atoms with Crippen LogP contribution in [0, 0.1) is 0 Å². The molecular weight excluding hydrogens is 342 g/mol. The van der Waals surface area contributed by atoms with Gasteiger partial charge in [0.05, 0.1) is 4.47 Å². The van der Waals surface area contributed by atoms with E-state index in [0.29, 0.717) is 4.47 Å². The summed E-state index contributed by atoms with van der Waals surface area (Å²) in [7, 11) is 0. The lowest BCUT2D eigenvalue weighted by atomic mass is 10.0. The van der Waals surface area contributed by atoms with Crippen molar-refractivity contribution in [3.8, 4) is 0 Å².